The summed E-state index contributed by atoms with van der Waals surface area (Å²) in [7, 11) is 1.25. The van der Waals surface area contributed by atoms with Crippen molar-refractivity contribution in [3.05, 3.63) is 74.8 Å². The summed E-state index contributed by atoms with van der Waals surface area (Å²) in [6, 6.07) is 7.02. The molecular formula is C21H21N5O5. The molecule has 0 aliphatic carbocycles. The average Bonchev–Trinajstić information content (AvgIpc) is 3.36. The van der Waals surface area contributed by atoms with Gasteiger partial charge in [-0.15, -0.1) is 0 Å². The molecule has 0 bridgehead atoms. The van der Waals surface area contributed by atoms with Crippen molar-refractivity contribution in [3.8, 4) is 5.69 Å². The maximum Gasteiger partial charge on any atom is 0.360 e. The van der Waals surface area contributed by atoms with Crippen LogP contribution in [-0.4, -0.2) is 36.7 Å². The van der Waals surface area contributed by atoms with E-state index < -0.39 is 17.2 Å². The number of esters is 1. The molecule has 0 atom stereocenters. The van der Waals surface area contributed by atoms with E-state index in [1.54, 1.807) is 30.5 Å². The lowest BCUT2D eigenvalue weighted by Gasteiger charge is -2.14. The van der Waals surface area contributed by atoms with Crippen LogP contribution in [0.15, 0.2) is 50.9 Å². The highest BCUT2D eigenvalue weighted by Gasteiger charge is 2.22. The van der Waals surface area contributed by atoms with Gasteiger partial charge >= 0.3 is 11.7 Å². The van der Waals surface area contributed by atoms with Gasteiger partial charge in [-0.25, -0.2) is 24.1 Å². The molecule has 3 heterocycles. The third-order valence-electron chi connectivity index (χ3n) is 4.91. The Labute approximate surface area is 176 Å². The molecule has 0 spiro atoms. The van der Waals surface area contributed by atoms with Crippen molar-refractivity contribution in [1.82, 2.24) is 23.7 Å². The Kier molecular flexibility index (Phi) is 5.05. The maximum absolute atomic E-state index is 13.2. The minimum Gasteiger partial charge on any atom is -0.464 e. The summed E-state index contributed by atoms with van der Waals surface area (Å²) in [5.41, 5.74) is 1.20. The van der Waals surface area contributed by atoms with Crippen LogP contribution in [0.4, 0.5) is 0 Å². The van der Waals surface area contributed by atoms with Gasteiger partial charge in [0.15, 0.2) is 16.9 Å². The summed E-state index contributed by atoms with van der Waals surface area (Å²) in [5.74, 6) is -0.427. The van der Waals surface area contributed by atoms with Crippen LogP contribution in [-0.2, 0) is 11.3 Å². The van der Waals surface area contributed by atoms with Crippen LogP contribution in [0.5, 0.6) is 0 Å². The van der Waals surface area contributed by atoms with Crippen molar-refractivity contribution < 1.29 is 13.9 Å². The molecule has 10 heteroatoms. The summed E-state index contributed by atoms with van der Waals surface area (Å²) in [6.07, 6.45) is 2.64. The number of carbonyl (C=O) groups is 1. The van der Waals surface area contributed by atoms with Gasteiger partial charge in [-0.1, -0.05) is 17.7 Å². The highest BCUT2D eigenvalue weighted by atomic mass is 16.5. The van der Waals surface area contributed by atoms with Crippen LogP contribution in [0.1, 0.15) is 41.8 Å². The molecule has 31 heavy (non-hydrogen) atoms. The summed E-state index contributed by atoms with van der Waals surface area (Å²) in [5, 5.41) is 0. The van der Waals surface area contributed by atoms with E-state index in [2.05, 4.69) is 14.7 Å². The number of ether oxygens (including phenoxy) is 1. The Morgan fingerprint density at radius 2 is 1.90 bits per heavy atom. The molecule has 0 aliphatic heterocycles. The Morgan fingerprint density at radius 1 is 1.19 bits per heavy atom. The van der Waals surface area contributed by atoms with Crippen molar-refractivity contribution in [2.75, 3.05) is 7.11 Å². The van der Waals surface area contributed by atoms with E-state index >= 15 is 0 Å². The molecule has 160 valence electrons. The van der Waals surface area contributed by atoms with E-state index in [1.165, 1.54) is 28.8 Å². The number of imidazole rings is 1. The number of rotatable bonds is 5. The van der Waals surface area contributed by atoms with Crippen molar-refractivity contribution in [3.63, 3.8) is 0 Å². The van der Waals surface area contributed by atoms with E-state index in [0.717, 1.165) is 5.56 Å². The first-order valence-corrected chi connectivity index (χ1v) is 9.64. The fourth-order valence-electron chi connectivity index (χ4n) is 3.38. The highest BCUT2D eigenvalue weighted by molar-refractivity contribution is 5.86. The lowest BCUT2D eigenvalue weighted by Crippen LogP contribution is -2.41. The van der Waals surface area contributed by atoms with Gasteiger partial charge < -0.3 is 13.7 Å². The number of hydrogen-bond acceptors (Lipinski definition) is 7. The van der Waals surface area contributed by atoms with E-state index in [1.807, 2.05) is 19.1 Å². The zero-order valence-electron chi connectivity index (χ0n) is 17.5. The van der Waals surface area contributed by atoms with Crippen molar-refractivity contribution >= 4 is 17.1 Å². The number of oxazole rings is 1. The number of hydrogen-bond donors (Lipinski definition) is 0. The molecule has 1 aromatic carbocycles. The molecule has 0 saturated heterocycles. The van der Waals surface area contributed by atoms with E-state index in [4.69, 9.17) is 4.42 Å². The van der Waals surface area contributed by atoms with Gasteiger partial charge in [0.2, 0.25) is 5.89 Å². The fraction of sp³-hybridized carbons (Fsp3) is 0.286. The molecule has 4 aromatic rings. The van der Waals surface area contributed by atoms with Gasteiger partial charge in [0.1, 0.15) is 12.8 Å². The number of aryl methyl sites for hydroxylation is 1. The maximum atomic E-state index is 13.2. The molecule has 0 aliphatic rings. The minimum atomic E-state index is -0.624. The quantitative estimate of drug-likeness (QED) is 0.451. The lowest BCUT2D eigenvalue weighted by atomic mass is 10.2. The number of fused-ring (bicyclic) bond motifs is 1. The molecule has 0 unspecified atom stereocenters. The number of methoxy groups -OCH3 is 1. The Morgan fingerprint density at radius 3 is 2.55 bits per heavy atom. The zero-order chi connectivity index (χ0) is 22.3. The van der Waals surface area contributed by atoms with E-state index in [9.17, 15) is 14.4 Å². The average molecular weight is 423 g/mol. The van der Waals surface area contributed by atoms with Gasteiger partial charge in [-0.2, -0.15) is 0 Å². The van der Waals surface area contributed by atoms with Crippen LogP contribution >= 0.6 is 0 Å². The Bertz CT molecular complexity index is 1390. The molecule has 3 aromatic heterocycles. The highest BCUT2D eigenvalue weighted by Crippen LogP contribution is 2.16. The van der Waals surface area contributed by atoms with Crippen LogP contribution in [0.2, 0.25) is 0 Å². The number of carbonyl (C=O) groups excluding carboxylic acids is 1. The Balaban J connectivity index is 1.92. The smallest absolute Gasteiger partial charge is 0.360 e. The first-order valence-electron chi connectivity index (χ1n) is 9.64. The molecule has 0 fully saturated rings. The molecule has 0 N–H and O–H groups in total. The van der Waals surface area contributed by atoms with Crippen molar-refractivity contribution in [2.24, 2.45) is 0 Å². The molecular weight excluding hydrogens is 402 g/mol. The Hall–Kier alpha value is -3.95. The van der Waals surface area contributed by atoms with Gasteiger partial charge in [-0.05, 0) is 32.9 Å². The van der Waals surface area contributed by atoms with Crippen molar-refractivity contribution in [1.29, 1.82) is 0 Å². The lowest BCUT2D eigenvalue weighted by molar-refractivity contribution is 0.0594. The normalized spacial score (nSPS) is 11.4. The largest absolute Gasteiger partial charge is 0.464 e. The third kappa shape index (κ3) is 3.45. The van der Waals surface area contributed by atoms with Crippen molar-refractivity contribution in [2.45, 2.75) is 33.4 Å². The zero-order valence-corrected chi connectivity index (χ0v) is 17.5. The van der Waals surface area contributed by atoms with Crippen LogP contribution in [0.3, 0.4) is 0 Å². The van der Waals surface area contributed by atoms with Crippen LogP contribution in [0.25, 0.3) is 16.9 Å². The monoisotopic (exact) mass is 423 g/mol. The molecule has 0 amide bonds. The summed E-state index contributed by atoms with van der Waals surface area (Å²) < 4.78 is 14.1. The molecule has 10 nitrogen and oxygen atoms in total. The minimum absolute atomic E-state index is 0.0260. The molecule has 0 radical (unpaired) electrons. The second-order valence-corrected chi connectivity index (χ2v) is 7.39. The summed E-state index contributed by atoms with van der Waals surface area (Å²) >= 11 is 0. The second-order valence-electron chi connectivity index (χ2n) is 7.39. The summed E-state index contributed by atoms with van der Waals surface area (Å²) in [6.45, 7) is 5.54. The molecule has 0 saturated carbocycles. The number of benzene rings is 1. The molecule has 4 rings (SSSR count). The standard InChI is InChI=1S/C21H21N5O5/c1-12(2)25-19(27)17-18(26(21(25)29)14-7-5-13(3)6-8-14)22-11-24(17)9-16-23-15(10-31-16)20(28)30-4/h5-8,10-12H,9H2,1-4H3. The number of nitrogens with zero attached hydrogens (tertiary/aromatic N) is 5. The van der Waals surface area contributed by atoms with Gasteiger partial charge in [-0.3, -0.25) is 9.36 Å². The predicted octanol–water partition coefficient (Wildman–Crippen LogP) is 2.06. The number of aromatic nitrogens is 5. The van der Waals surface area contributed by atoms with Crippen LogP contribution < -0.4 is 11.2 Å². The first-order chi connectivity index (χ1) is 14.8. The van der Waals surface area contributed by atoms with Crippen LogP contribution in [0, 0.1) is 6.92 Å². The second kappa shape index (κ2) is 7.71. The van der Waals surface area contributed by atoms with E-state index in [-0.39, 0.29) is 35.3 Å². The summed E-state index contributed by atoms with van der Waals surface area (Å²) in [4.78, 5) is 46.5. The van der Waals surface area contributed by atoms with Gasteiger partial charge in [0.25, 0.3) is 5.56 Å². The topological polar surface area (TPSA) is 114 Å². The van der Waals surface area contributed by atoms with Gasteiger partial charge in [0, 0.05) is 6.04 Å². The fourth-order valence-corrected chi connectivity index (χ4v) is 3.38. The third-order valence-corrected chi connectivity index (χ3v) is 4.91. The first kappa shape index (κ1) is 20.3. The van der Waals surface area contributed by atoms with E-state index in [0.29, 0.717) is 5.69 Å². The SMILES string of the molecule is COC(=O)c1coc(Cn2cnc3c2c(=O)n(C(C)C)c(=O)n3-c2ccc(C)cc2)n1. The predicted molar refractivity (Wildman–Crippen MR) is 112 cm³/mol. The van der Waals surface area contributed by atoms with Gasteiger partial charge in [0.05, 0.1) is 19.1 Å².